The van der Waals surface area contributed by atoms with Crippen molar-refractivity contribution in [2.45, 2.75) is 84.0 Å². The van der Waals surface area contributed by atoms with Gasteiger partial charge < -0.3 is 4.43 Å². The maximum absolute atomic E-state index is 6.94. The third-order valence-electron chi connectivity index (χ3n) is 7.35. The lowest BCUT2D eigenvalue weighted by atomic mass is 9.66. The maximum atomic E-state index is 6.94. The summed E-state index contributed by atoms with van der Waals surface area (Å²) in [5.74, 6) is 0.684. The van der Waals surface area contributed by atoms with E-state index in [1.165, 1.54) is 37.7 Å². The molecule has 3 atom stereocenters. The average Bonchev–Trinajstić information content (AvgIpc) is 2.84. The molecule has 0 heterocycles. The first-order chi connectivity index (χ1) is 12.0. The number of hydrogen-bond donors (Lipinski definition) is 0. The predicted molar refractivity (Wildman–Crippen MR) is 119 cm³/mol. The number of rotatable bonds is 3. The summed E-state index contributed by atoms with van der Waals surface area (Å²) in [6.07, 6.45) is 9.27. The van der Waals surface area contributed by atoms with Crippen LogP contribution < -0.4 is 0 Å². The molecular formula is C23H35BrOSi. The molecule has 2 fully saturated rings. The third-order valence-corrected chi connectivity index (χ3v) is 12.3. The van der Waals surface area contributed by atoms with E-state index in [9.17, 15) is 0 Å². The van der Waals surface area contributed by atoms with E-state index in [4.69, 9.17) is 4.43 Å². The van der Waals surface area contributed by atoms with Gasteiger partial charge in [-0.3, -0.25) is 0 Å². The number of allylic oxidation sites excluding steroid dienone is 1. The molecule has 3 rings (SSSR count). The van der Waals surface area contributed by atoms with Gasteiger partial charge in [0, 0.05) is 10.6 Å². The van der Waals surface area contributed by atoms with Crippen LogP contribution in [0.2, 0.25) is 18.1 Å². The molecular weight excluding hydrogens is 400 g/mol. The van der Waals surface area contributed by atoms with Gasteiger partial charge in [0.2, 0.25) is 0 Å². The highest BCUT2D eigenvalue weighted by Gasteiger charge is 2.51. The molecule has 3 heteroatoms. The van der Waals surface area contributed by atoms with Gasteiger partial charge in [-0.15, -0.1) is 0 Å². The van der Waals surface area contributed by atoms with Gasteiger partial charge in [0.25, 0.3) is 0 Å². The van der Waals surface area contributed by atoms with Crippen LogP contribution in [0.25, 0.3) is 6.08 Å². The van der Waals surface area contributed by atoms with Gasteiger partial charge >= 0.3 is 0 Å². The maximum Gasteiger partial charge on any atom is 0.192 e. The molecule has 2 aliphatic rings. The summed E-state index contributed by atoms with van der Waals surface area (Å²) in [5, 5.41) is 0.286. The van der Waals surface area contributed by atoms with Crippen molar-refractivity contribution in [2.75, 3.05) is 0 Å². The van der Waals surface area contributed by atoms with Crippen LogP contribution in [0.1, 0.15) is 65.4 Å². The van der Waals surface area contributed by atoms with E-state index in [0.29, 0.717) is 17.4 Å². The van der Waals surface area contributed by atoms with Crippen LogP contribution in [-0.2, 0) is 4.43 Å². The van der Waals surface area contributed by atoms with Crippen molar-refractivity contribution in [1.29, 1.82) is 0 Å². The smallest absolute Gasteiger partial charge is 0.192 e. The van der Waals surface area contributed by atoms with E-state index in [1.54, 1.807) is 5.57 Å². The molecule has 0 spiro atoms. The van der Waals surface area contributed by atoms with Crippen LogP contribution in [0.5, 0.6) is 0 Å². The second-order valence-corrected chi connectivity index (χ2v) is 15.8. The molecule has 0 saturated heterocycles. The number of halogens is 1. The Morgan fingerprint density at radius 3 is 2.62 bits per heavy atom. The van der Waals surface area contributed by atoms with Gasteiger partial charge in [0.05, 0.1) is 0 Å². The van der Waals surface area contributed by atoms with Crippen molar-refractivity contribution in [3.05, 3.63) is 39.9 Å². The van der Waals surface area contributed by atoms with Crippen molar-refractivity contribution >= 4 is 30.3 Å². The molecule has 0 unspecified atom stereocenters. The molecule has 2 saturated carbocycles. The summed E-state index contributed by atoms with van der Waals surface area (Å²) in [6, 6.07) is 8.69. The molecule has 0 aromatic heterocycles. The average molecular weight is 436 g/mol. The summed E-state index contributed by atoms with van der Waals surface area (Å²) >= 11 is 3.61. The number of benzene rings is 1. The fourth-order valence-electron chi connectivity index (χ4n) is 4.70. The minimum atomic E-state index is -1.71. The molecule has 2 aliphatic carbocycles. The fourth-order valence-corrected chi connectivity index (χ4v) is 6.51. The largest absolute Gasteiger partial charge is 0.414 e. The zero-order valence-electron chi connectivity index (χ0n) is 17.4. The molecule has 1 nitrogen and oxygen atoms in total. The lowest BCUT2D eigenvalue weighted by molar-refractivity contribution is 0.0236. The highest BCUT2D eigenvalue weighted by Crippen LogP contribution is 2.57. The minimum absolute atomic E-state index is 0.286. The highest BCUT2D eigenvalue weighted by molar-refractivity contribution is 9.10. The molecule has 1 aromatic carbocycles. The molecule has 26 heavy (non-hydrogen) atoms. The Labute approximate surface area is 169 Å². The summed E-state index contributed by atoms with van der Waals surface area (Å²) in [6.45, 7) is 14.4. The van der Waals surface area contributed by atoms with Crippen molar-refractivity contribution in [3.8, 4) is 0 Å². The first kappa shape index (κ1) is 20.4. The van der Waals surface area contributed by atoms with Gasteiger partial charge in [-0.05, 0) is 72.8 Å². The first-order valence-electron chi connectivity index (χ1n) is 10.2. The molecule has 0 amide bonds. The summed E-state index contributed by atoms with van der Waals surface area (Å²) in [7, 11) is -1.71. The normalized spacial score (nSPS) is 31.3. The quantitative estimate of drug-likeness (QED) is 0.440. The second-order valence-electron chi connectivity index (χ2n) is 10.1. The van der Waals surface area contributed by atoms with Gasteiger partial charge in [0.15, 0.2) is 8.32 Å². The molecule has 0 radical (unpaired) electrons. The van der Waals surface area contributed by atoms with Gasteiger partial charge in [-0.25, -0.2) is 0 Å². The Morgan fingerprint density at radius 2 is 1.96 bits per heavy atom. The van der Waals surface area contributed by atoms with Crippen LogP contribution >= 0.6 is 15.9 Å². The van der Waals surface area contributed by atoms with Crippen LogP contribution in [0.15, 0.2) is 34.3 Å². The minimum Gasteiger partial charge on any atom is -0.414 e. The highest BCUT2D eigenvalue weighted by atomic mass is 79.9. The molecule has 0 bridgehead atoms. The molecule has 1 aromatic rings. The first-order valence-corrected chi connectivity index (χ1v) is 13.9. The van der Waals surface area contributed by atoms with Crippen molar-refractivity contribution in [1.82, 2.24) is 0 Å². The summed E-state index contributed by atoms with van der Waals surface area (Å²) < 4.78 is 8.11. The van der Waals surface area contributed by atoms with E-state index in [0.717, 1.165) is 4.47 Å². The molecule has 0 aliphatic heterocycles. The molecule has 0 N–H and O–H groups in total. The van der Waals surface area contributed by atoms with E-state index < -0.39 is 8.32 Å². The lowest BCUT2D eigenvalue weighted by Crippen LogP contribution is -2.49. The topological polar surface area (TPSA) is 9.23 Å². The van der Waals surface area contributed by atoms with Crippen LogP contribution in [0.3, 0.4) is 0 Å². The standard InChI is InChI=1S/C23H35BrOSi/c1-22(2,3)26(5,6)25-21-11-8-14-23(4)18(12-13-20(21)23)15-17-9-7-10-19(24)16-17/h7,9-10,15-16,20-21H,8,11-14H2,1-6H3/b18-15+/t20-,21-,23+/m0/s1. The molecule has 144 valence electrons. The van der Waals surface area contributed by atoms with Crippen molar-refractivity contribution in [3.63, 3.8) is 0 Å². The van der Waals surface area contributed by atoms with Gasteiger partial charge in [-0.2, -0.15) is 0 Å². The zero-order chi connectivity index (χ0) is 19.2. The SMILES string of the molecule is CC(C)(C)[Si](C)(C)O[C@H]1CCC[C@]2(C)/C(=C/c3cccc(Br)c3)CC[C@@H]12. The number of hydrogen-bond acceptors (Lipinski definition) is 1. The van der Waals surface area contributed by atoms with Crippen LogP contribution in [0, 0.1) is 11.3 Å². The Kier molecular flexibility index (Phi) is 5.65. The predicted octanol–water partition coefficient (Wildman–Crippen LogP) is 7.82. The Hall–Kier alpha value is -0.383. The fraction of sp³-hybridized carbons (Fsp3) is 0.652. The van der Waals surface area contributed by atoms with Crippen molar-refractivity contribution < 1.29 is 4.43 Å². The van der Waals surface area contributed by atoms with Gasteiger partial charge in [0.1, 0.15) is 0 Å². The third kappa shape index (κ3) is 3.91. The second kappa shape index (κ2) is 7.22. The van der Waals surface area contributed by atoms with Crippen LogP contribution in [-0.4, -0.2) is 14.4 Å². The van der Waals surface area contributed by atoms with E-state index in [2.05, 4.69) is 87.1 Å². The monoisotopic (exact) mass is 434 g/mol. The van der Waals surface area contributed by atoms with E-state index >= 15 is 0 Å². The summed E-state index contributed by atoms with van der Waals surface area (Å²) in [5.41, 5.74) is 3.28. The lowest BCUT2D eigenvalue weighted by Gasteiger charge is -2.47. The van der Waals surface area contributed by atoms with E-state index in [1.807, 2.05) is 0 Å². The van der Waals surface area contributed by atoms with Gasteiger partial charge in [-0.1, -0.05) is 73.8 Å². The number of fused-ring (bicyclic) bond motifs is 1. The Bertz CT molecular complexity index is 688. The Morgan fingerprint density at radius 1 is 1.23 bits per heavy atom. The van der Waals surface area contributed by atoms with E-state index in [-0.39, 0.29) is 5.04 Å². The zero-order valence-corrected chi connectivity index (χ0v) is 19.9. The summed E-state index contributed by atoms with van der Waals surface area (Å²) in [4.78, 5) is 0. The van der Waals surface area contributed by atoms with Crippen molar-refractivity contribution in [2.24, 2.45) is 11.3 Å². The van der Waals surface area contributed by atoms with Crippen LogP contribution in [0.4, 0.5) is 0 Å². The Balaban J connectivity index is 1.84.